The Bertz CT molecular complexity index is 1030. The van der Waals surface area contributed by atoms with E-state index >= 15 is 0 Å². The summed E-state index contributed by atoms with van der Waals surface area (Å²) in [5.74, 6) is 0.630. The van der Waals surface area contributed by atoms with Crippen LogP contribution in [0.2, 0.25) is 5.02 Å². The van der Waals surface area contributed by atoms with Crippen LogP contribution in [0.3, 0.4) is 0 Å². The van der Waals surface area contributed by atoms with Crippen LogP contribution in [0.15, 0.2) is 47.4 Å². The molecule has 2 aromatic carbocycles. The van der Waals surface area contributed by atoms with E-state index in [9.17, 15) is 21.6 Å². The molecule has 0 radical (unpaired) electrons. The number of ether oxygens (including phenoxy) is 1. The van der Waals surface area contributed by atoms with Crippen molar-refractivity contribution in [2.75, 3.05) is 26.3 Å². The molecule has 1 aliphatic heterocycles. The summed E-state index contributed by atoms with van der Waals surface area (Å²) < 4.78 is 72.6. The Morgan fingerprint density at radius 3 is 2.72 bits per heavy atom. The van der Waals surface area contributed by atoms with Crippen molar-refractivity contribution in [3.05, 3.63) is 58.6 Å². The second-order valence-corrected chi connectivity index (χ2v) is 9.65. The molecule has 0 spiro atoms. The van der Waals surface area contributed by atoms with Gasteiger partial charge in [-0.15, -0.1) is 0 Å². The second kappa shape index (κ2) is 10.4. The van der Waals surface area contributed by atoms with Crippen molar-refractivity contribution in [2.24, 2.45) is 0 Å². The first kappa shape index (κ1) is 24.8. The Balaban J connectivity index is 1.68. The predicted octanol–water partition coefficient (Wildman–Crippen LogP) is 3.67. The van der Waals surface area contributed by atoms with Gasteiger partial charge in [0.05, 0.1) is 17.2 Å². The van der Waals surface area contributed by atoms with Crippen LogP contribution in [0.4, 0.5) is 13.2 Å². The molecular formula is C21H24ClF3N2O4S. The molecule has 0 saturated carbocycles. The fourth-order valence-corrected chi connectivity index (χ4v) is 5.41. The van der Waals surface area contributed by atoms with E-state index in [0.717, 1.165) is 30.7 Å². The highest BCUT2D eigenvalue weighted by Crippen LogP contribution is 2.33. The van der Waals surface area contributed by atoms with Crippen molar-refractivity contribution in [1.29, 1.82) is 0 Å². The summed E-state index contributed by atoms with van der Waals surface area (Å²) in [6.45, 7) is 1.81. The van der Waals surface area contributed by atoms with Crippen molar-refractivity contribution < 1.29 is 31.4 Å². The van der Waals surface area contributed by atoms with Crippen LogP contribution in [0.5, 0.6) is 5.75 Å². The standard InChI is InChI=1S/C21H24ClF3N2O4S/c22-19-7-6-16(21(23,24)25)12-20(19)32(29,30)26-17-4-2-8-27(14-17)13-15-3-1-5-18(11-15)31-10-9-28/h1,3,5-7,11-12,17,26,28H,2,4,8-10,13-14H2/t17-/m1/s1. The normalized spacial score (nSPS) is 18.0. The van der Waals surface area contributed by atoms with Gasteiger partial charge in [0.1, 0.15) is 17.3 Å². The first-order chi connectivity index (χ1) is 15.1. The summed E-state index contributed by atoms with van der Waals surface area (Å²) in [4.78, 5) is 1.48. The molecule has 1 fully saturated rings. The van der Waals surface area contributed by atoms with Gasteiger partial charge in [-0.25, -0.2) is 13.1 Å². The smallest absolute Gasteiger partial charge is 0.416 e. The lowest BCUT2D eigenvalue weighted by atomic mass is 10.1. The van der Waals surface area contributed by atoms with Gasteiger partial charge in [0.25, 0.3) is 0 Å². The van der Waals surface area contributed by atoms with E-state index < -0.39 is 32.7 Å². The Morgan fingerprint density at radius 2 is 2.00 bits per heavy atom. The van der Waals surface area contributed by atoms with Crippen LogP contribution in [-0.4, -0.2) is 50.8 Å². The number of halogens is 4. The number of rotatable bonds is 8. The molecule has 1 atom stereocenters. The zero-order chi connectivity index (χ0) is 23.4. The summed E-state index contributed by atoms with van der Waals surface area (Å²) in [7, 11) is -4.24. The molecule has 176 valence electrons. The third-order valence-electron chi connectivity index (χ3n) is 5.04. The molecule has 0 bridgehead atoms. The highest BCUT2D eigenvalue weighted by Gasteiger charge is 2.33. The molecule has 1 heterocycles. The lowest BCUT2D eigenvalue weighted by Gasteiger charge is -2.33. The van der Waals surface area contributed by atoms with Gasteiger partial charge in [-0.2, -0.15) is 13.2 Å². The van der Waals surface area contributed by atoms with Crippen LogP contribution in [-0.2, 0) is 22.7 Å². The Hall–Kier alpha value is -1.85. The molecule has 3 rings (SSSR count). The van der Waals surface area contributed by atoms with Gasteiger partial charge >= 0.3 is 6.18 Å². The number of sulfonamides is 1. The van der Waals surface area contributed by atoms with Crippen molar-refractivity contribution in [3.8, 4) is 5.75 Å². The number of benzene rings is 2. The molecule has 1 saturated heterocycles. The summed E-state index contributed by atoms with van der Waals surface area (Å²) in [5, 5.41) is 8.62. The maximum atomic E-state index is 13.0. The van der Waals surface area contributed by atoms with Gasteiger partial charge < -0.3 is 9.84 Å². The number of nitrogens with zero attached hydrogens (tertiary/aromatic N) is 1. The fourth-order valence-electron chi connectivity index (χ4n) is 3.62. The number of aliphatic hydroxyl groups is 1. The van der Waals surface area contributed by atoms with E-state index in [1.54, 1.807) is 6.07 Å². The quantitative estimate of drug-likeness (QED) is 0.588. The molecule has 0 amide bonds. The average molecular weight is 493 g/mol. The Kier molecular flexibility index (Phi) is 8.05. The van der Waals surface area contributed by atoms with E-state index in [1.807, 2.05) is 18.2 Å². The number of aliphatic hydroxyl groups excluding tert-OH is 1. The average Bonchev–Trinajstić information content (AvgIpc) is 2.72. The van der Waals surface area contributed by atoms with E-state index in [-0.39, 0.29) is 18.2 Å². The zero-order valence-corrected chi connectivity index (χ0v) is 18.7. The summed E-state index contributed by atoms with van der Waals surface area (Å²) in [5.41, 5.74) is -0.110. The topological polar surface area (TPSA) is 78.9 Å². The van der Waals surface area contributed by atoms with Gasteiger partial charge in [-0.3, -0.25) is 4.90 Å². The molecule has 0 aliphatic carbocycles. The minimum atomic E-state index is -4.67. The van der Waals surface area contributed by atoms with Crippen LogP contribution in [0.1, 0.15) is 24.0 Å². The highest BCUT2D eigenvalue weighted by atomic mass is 35.5. The number of hydrogen-bond donors (Lipinski definition) is 2. The fraction of sp³-hybridized carbons (Fsp3) is 0.429. The largest absolute Gasteiger partial charge is 0.491 e. The highest BCUT2D eigenvalue weighted by molar-refractivity contribution is 7.89. The van der Waals surface area contributed by atoms with Gasteiger partial charge in [0.15, 0.2) is 0 Å². The monoisotopic (exact) mass is 492 g/mol. The minimum absolute atomic E-state index is 0.0892. The maximum absolute atomic E-state index is 13.0. The molecule has 0 unspecified atom stereocenters. The van der Waals surface area contributed by atoms with Gasteiger partial charge in [0, 0.05) is 19.1 Å². The Morgan fingerprint density at radius 1 is 1.22 bits per heavy atom. The zero-order valence-electron chi connectivity index (χ0n) is 17.1. The van der Waals surface area contributed by atoms with E-state index in [4.69, 9.17) is 21.4 Å². The molecule has 2 N–H and O–H groups in total. The second-order valence-electron chi connectivity index (χ2n) is 7.56. The van der Waals surface area contributed by atoms with E-state index in [1.165, 1.54) is 0 Å². The number of hydrogen-bond acceptors (Lipinski definition) is 5. The van der Waals surface area contributed by atoms with Gasteiger partial charge in [0.2, 0.25) is 10.0 Å². The lowest BCUT2D eigenvalue weighted by molar-refractivity contribution is -0.137. The molecule has 2 aromatic rings. The molecule has 11 heteroatoms. The minimum Gasteiger partial charge on any atom is -0.491 e. The summed E-state index contributed by atoms with van der Waals surface area (Å²) >= 11 is 5.91. The Labute approximate surface area is 190 Å². The maximum Gasteiger partial charge on any atom is 0.416 e. The van der Waals surface area contributed by atoms with Crippen molar-refractivity contribution >= 4 is 21.6 Å². The summed E-state index contributed by atoms with van der Waals surface area (Å²) in [6.07, 6.45) is -3.39. The number of nitrogens with one attached hydrogen (secondary N) is 1. The first-order valence-corrected chi connectivity index (χ1v) is 11.9. The van der Waals surface area contributed by atoms with Crippen molar-refractivity contribution in [2.45, 2.75) is 36.5 Å². The molecule has 0 aromatic heterocycles. The molecule has 1 aliphatic rings. The van der Waals surface area contributed by atoms with E-state index in [2.05, 4.69) is 9.62 Å². The third-order valence-corrected chi connectivity index (χ3v) is 7.04. The van der Waals surface area contributed by atoms with Crippen LogP contribution >= 0.6 is 11.6 Å². The van der Waals surface area contributed by atoms with Crippen LogP contribution < -0.4 is 9.46 Å². The van der Waals surface area contributed by atoms with Gasteiger partial charge in [-0.05, 0) is 55.3 Å². The summed E-state index contributed by atoms with van der Waals surface area (Å²) in [6, 6.07) is 9.18. The number of alkyl halides is 3. The van der Waals surface area contributed by atoms with Gasteiger partial charge in [-0.1, -0.05) is 23.7 Å². The number of likely N-dealkylation sites (tertiary alicyclic amines) is 1. The van der Waals surface area contributed by atoms with Crippen molar-refractivity contribution in [1.82, 2.24) is 9.62 Å². The number of piperidine rings is 1. The predicted molar refractivity (Wildman–Crippen MR) is 114 cm³/mol. The van der Waals surface area contributed by atoms with Crippen molar-refractivity contribution in [3.63, 3.8) is 0 Å². The molecule has 32 heavy (non-hydrogen) atoms. The van der Waals surface area contributed by atoms with Crippen LogP contribution in [0, 0.1) is 0 Å². The van der Waals surface area contributed by atoms with Crippen LogP contribution in [0.25, 0.3) is 0 Å². The molecule has 6 nitrogen and oxygen atoms in total. The van der Waals surface area contributed by atoms with E-state index in [0.29, 0.717) is 31.3 Å². The SMILES string of the molecule is O=S(=O)(N[C@@H]1CCCN(Cc2cccc(OCCO)c2)C1)c1cc(C(F)(F)F)ccc1Cl. The first-order valence-electron chi connectivity index (χ1n) is 10.0. The third kappa shape index (κ3) is 6.58. The molecular weight excluding hydrogens is 469 g/mol. The lowest BCUT2D eigenvalue weighted by Crippen LogP contribution is -2.47.